The molecule has 0 N–H and O–H groups in total. The smallest absolute Gasteiger partial charge is 0.355 e. The summed E-state index contributed by atoms with van der Waals surface area (Å²) in [5.74, 6) is 1.20. The molecule has 0 bridgehead atoms. The largest absolute Gasteiger partial charge is 0.497 e. The number of hydrogen-bond acceptors (Lipinski definition) is 4. The summed E-state index contributed by atoms with van der Waals surface area (Å²) in [6.07, 6.45) is 0. The van der Waals surface area contributed by atoms with Crippen molar-refractivity contribution in [2.24, 2.45) is 0 Å². The molecule has 4 aromatic carbocycles. The number of hydrogen-bond donors (Lipinski definition) is 0. The van der Waals surface area contributed by atoms with Crippen molar-refractivity contribution in [3.63, 3.8) is 0 Å². The van der Waals surface area contributed by atoms with Crippen molar-refractivity contribution < 1.29 is 19.0 Å². The van der Waals surface area contributed by atoms with Gasteiger partial charge in [0.2, 0.25) is 0 Å². The fourth-order valence-corrected chi connectivity index (χ4v) is 4.59. The van der Waals surface area contributed by atoms with Crippen molar-refractivity contribution in [2.75, 3.05) is 13.7 Å². The molecule has 0 saturated heterocycles. The van der Waals surface area contributed by atoms with Crippen LogP contribution in [0.15, 0.2) is 103 Å². The van der Waals surface area contributed by atoms with E-state index in [9.17, 15) is 4.79 Å². The Labute approximate surface area is 216 Å². The second-order valence-electron chi connectivity index (χ2n) is 8.70. The Bertz CT molecular complexity index is 1500. The fourth-order valence-electron chi connectivity index (χ4n) is 4.59. The van der Waals surface area contributed by atoms with E-state index in [0.29, 0.717) is 25.5 Å². The predicted octanol–water partition coefficient (Wildman–Crippen LogP) is 7.12. The Balaban J connectivity index is 1.56. The fraction of sp³-hybridized carbons (Fsp3) is 0.156. The van der Waals surface area contributed by atoms with E-state index in [1.54, 1.807) is 7.11 Å². The maximum atomic E-state index is 13.4. The van der Waals surface area contributed by atoms with Crippen molar-refractivity contribution in [3.8, 4) is 22.6 Å². The van der Waals surface area contributed by atoms with E-state index in [2.05, 4.69) is 0 Å². The van der Waals surface area contributed by atoms with Crippen molar-refractivity contribution in [3.05, 3.63) is 120 Å². The monoisotopic (exact) mass is 491 g/mol. The van der Waals surface area contributed by atoms with Gasteiger partial charge in [-0.05, 0) is 53.9 Å². The first-order chi connectivity index (χ1) is 18.2. The van der Waals surface area contributed by atoms with Gasteiger partial charge in [-0.2, -0.15) is 0 Å². The Morgan fingerprint density at radius 2 is 1.51 bits per heavy atom. The summed E-state index contributed by atoms with van der Waals surface area (Å²) in [6, 6.07) is 33.9. The van der Waals surface area contributed by atoms with E-state index in [0.717, 1.165) is 44.7 Å². The van der Waals surface area contributed by atoms with Gasteiger partial charge in [-0.25, -0.2) is 4.79 Å². The number of nitrogens with zero attached hydrogens (tertiary/aromatic N) is 1. The van der Waals surface area contributed by atoms with E-state index in [1.807, 2.05) is 115 Å². The molecule has 37 heavy (non-hydrogen) atoms. The molecule has 5 nitrogen and oxygen atoms in total. The van der Waals surface area contributed by atoms with E-state index in [-0.39, 0.29) is 5.97 Å². The standard InChI is InChI=1S/C32H29NO4/c1-3-36-32(34)31-30(25-16-18-26(35-2)19-17-25)28-14-7-8-15-29(28)33(31)21-24-12-9-13-27(20-24)37-22-23-10-5-4-6-11-23/h4-20H,3,21-22H2,1-2H3. The van der Waals surface area contributed by atoms with E-state index in [4.69, 9.17) is 14.2 Å². The summed E-state index contributed by atoms with van der Waals surface area (Å²) in [5, 5.41) is 0.993. The molecule has 5 rings (SSSR count). The van der Waals surface area contributed by atoms with Crippen LogP contribution in [0, 0.1) is 0 Å². The number of rotatable bonds is 9. The summed E-state index contributed by atoms with van der Waals surface area (Å²) in [4.78, 5) is 13.4. The van der Waals surface area contributed by atoms with Crippen LogP contribution < -0.4 is 9.47 Å². The van der Waals surface area contributed by atoms with Crippen LogP contribution in [0.4, 0.5) is 0 Å². The number of aromatic nitrogens is 1. The van der Waals surface area contributed by atoms with E-state index in [1.165, 1.54) is 0 Å². The van der Waals surface area contributed by atoms with Gasteiger partial charge in [-0.15, -0.1) is 0 Å². The van der Waals surface area contributed by atoms with Gasteiger partial charge < -0.3 is 18.8 Å². The van der Waals surface area contributed by atoms with Gasteiger partial charge in [-0.3, -0.25) is 0 Å². The van der Waals surface area contributed by atoms with E-state index >= 15 is 0 Å². The molecule has 0 aliphatic carbocycles. The molecule has 0 aliphatic rings. The molecule has 186 valence electrons. The van der Waals surface area contributed by atoms with Crippen LogP contribution in [0.2, 0.25) is 0 Å². The minimum absolute atomic E-state index is 0.297. The number of benzene rings is 4. The average Bonchev–Trinajstić information content (AvgIpc) is 3.27. The molecule has 0 spiro atoms. The lowest BCUT2D eigenvalue weighted by atomic mass is 10.0. The highest BCUT2D eigenvalue weighted by Crippen LogP contribution is 2.37. The van der Waals surface area contributed by atoms with Gasteiger partial charge in [-0.1, -0.05) is 72.8 Å². The molecule has 1 heterocycles. The Morgan fingerprint density at radius 1 is 0.784 bits per heavy atom. The first kappa shape index (κ1) is 24.2. The molecule has 5 heteroatoms. The highest BCUT2D eigenvalue weighted by molar-refractivity contribution is 6.08. The van der Waals surface area contributed by atoms with E-state index < -0.39 is 0 Å². The lowest BCUT2D eigenvalue weighted by Gasteiger charge is -2.13. The lowest BCUT2D eigenvalue weighted by molar-refractivity contribution is 0.0516. The molecule has 0 atom stereocenters. The lowest BCUT2D eigenvalue weighted by Crippen LogP contribution is -2.14. The van der Waals surface area contributed by atoms with Crippen LogP contribution in [0.3, 0.4) is 0 Å². The first-order valence-electron chi connectivity index (χ1n) is 12.4. The molecule has 0 unspecified atom stereocenters. The van der Waals surface area contributed by atoms with Gasteiger partial charge in [0.05, 0.1) is 13.7 Å². The highest BCUT2D eigenvalue weighted by Gasteiger charge is 2.25. The third-order valence-corrected chi connectivity index (χ3v) is 6.31. The van der Waals surface area contributed by atoms with Crippen LogP contribution in [-0.2, 0) is 17.9 Å². The number of carbonyl (C=O) groups is 1. The molecule has 0 saturated carbocycles. The zero-order chi connectivity index (χ0) is 25.6. The molecule has 0 aliphatic heterocycles. The van der Waals surface area contributed by atoms with Gasteiger partial charge >= 0.3 is 5.97 Å². The summed E-state index contributed by atoms with van der Waals surface area (Å²) in [6.45, 7) is 3.11. The summed E-state index contributed by atoms with van der Waals surface area (Å²) in [7, 11) is 1.64. The zero-order valence-electron chi connectivity index (χ0n) is 21.0. The zero-order valence-corrected chi connectivity index (χ0v) is 21.0. The van der Waals surface area contributed by atoms with Crippen molar-refractivity contribution in [1.82, 2.24) is 4.57 Å². The van der Waals surface area contributed by atoms with Gasteiger partial charge in [0.15, 0.2) is 0 Å². The third kappa shape index (κ3) is 5.21. The third-order valence-electron chi connectivity index (χ3n) is 6.31. The number of methoxy groups -OCH3 is 1. The Morgan fingerprint density at radius 3 is 2.27 bits per heavy atom. The summed E-state index contributed by atoms with van der Waals surface area (Å²) < 4.78 is 19.0. The summed E-state index contributed by atoms with van der Waals surface area (Å²) >= 11 is 0. The van der Waals surface area contributed by atoms with Gasteiger partial charge in [0.1, 0.15) is 23.8 Å². The van der Waals surface area contributed by atoms with Crippen LogP contribution >= 0.6 is 0 Å². The Kier molecular flexibility index (Phi) is 7.22. The normalized spacial score (nSPS) is 10.9. The molecule has 1 aromatic heterocycles. The van der Waals surface area contributed by atoms with Crippen LogP contribution in [0.25, 0.3) is 22.0 Å². The second-order valence-corrected chi connectivity index (χ2v) is 8.70. The molecule has 0 radical (unpaired) electrons. The molecular formula is C32H29NO4. The predicted molar refractivity (Wildman–Crippen MR) is 146 cm³/mol. The second kappa shape index (κ2) is 11.0. The molecule has 0 amide bonds. The van der Waals surface area contributed by atoms with Crippen molar-refractivity contribution in [1.29, 1.82) is 0 Å². The summed E-state index contributed by atoms with van der Waals surface area (Å²) in [5.41, 5.74) is 5.42. The number of para-hydroxylation sites is 1. The number of fused-ring (bicyclic) bond motifs is 1. The highest BCUT2D eigenvalue weighted by atomic mass is 16.5. The number of esters is 1. The molecule has 0 fully saturated rings. The van der Waals surface area contributed by atoms with Crippen molar-refractivity contribution >= 4 is 16.9 Å². The number of carbonyl (C=O) groups excluding carboxylic acids is 1. The van der Waals surface area contributed by atoms with Crippen LogP contribution in [0.5, 0.6) is 11.5 Å². The molecular weight excluding hydrogens is 462 g/mol. The maximum Gasteiger partial charge on any atom is 0.355 e. The SMILES string of the molecule is CCOC(=O)c1c(-c2ccc(OC)cc2)c2ccccc2n1Cc1cccc(OCc2ccccc2)c1. The minimum atomic E-state index is -0.346. The van der Waals surface area contributed by atoms with Crippen molar-refractivity contribution in [2.45, 2.75) is 20.1 Å². The average molecular weight is 492 g/mol. The minimum Gasteiger partial charge on any atom is -0.497 e. The molecule has 5 aromatic rings. The van der Waals surface area contributed by atoms with Crippen LogP contribution in [-0.4, -0.2) is 24.3 Å². The quantitative estimate of drug-likeness (QED) is 0.206. The van der Waals surface area contributed by atoms with Gasteiger partial charge in [0, 0.05) is 23.0 Å². The Hall–Kier alpha value is -4.51. The number of ether oxygens (including phenoxy) is 3. The maximum absolute atomic E-state index is 13.4. The first-order valence-corrected chi connectivity index (χ1v) is 12.4. The van der Waals surface area contributed by atoms with Gasteiger partial charge in [0.25, 0.3) is 0 Å². The van der Waals surface area contributed by atoms with Crippen LogP contribution in [0.1, 0.15) is 28.5 Å². The topological polar surface area (TPSA) is 49.7 Å².